The van der Waals surface area contributed by atoms with Crippen LogP contribution in [0.4, 0.5) is 5.82 Å². The standard InChI is InChI=1S/C25H37N5S/c1-19(2)9-6-10-20(3)11-7-12-21(4)14-16-31-18-24(23-17-27-30-29-23)28-25-22(5)13-8-15-26-25/h8-9,11,13-15,17,24H,6-7,10,12,16,18H2,1-5H3,(H,26,28)(H,27,29,30). The minimum Gasteiger partial charge on any atom is -0.360 e. The van der Waals surface area contributed by atoms with Crippen LogP contribution >= 0.6 is 11.8 Å². The Bertz CT molecular complexity index is 864. The molecular formula is C25H37N5S. The first-order chi connectivity index (χ1) is 15.0. The van der Waals surface area contributed by atoms with Crippen LogP contribution in [0, 0.1) is 6.92 Å². The van der Waals surface area contributed by atoms with Crippen molar-refractivity contribution in [3.05, 3.63) is 70.7 Å². The highest BCUT2D eigenvalue weighted by Crippen LogP contribution is 2.23. The van der Waals surface area contributed by atoms with Crippen LogP contribution in [0.15, 0.2) is 59.5 Å². The van der Waals surface area contributed by atoms with Gasteiger partial charge in [-0.05, 0) is 71.9 Å². The molecule has 0 spiro atoms. The van der Waals surface area contributed by atoms with Crippen LogP contribution in [-0.2, 0) is 0 Å². The molecule has 2 N–H and O–H groups in total. The second-order valence-corrected chi connectivity index (χ2v) is 9.33. The van der Waals surface area contributed by atoms with Crippen molar-refractivity contribution in [3.8, 4) is 0 Å². The number of pyridine rings is 1. The van der Waals surface area contributed by atoms with E-state index in [-0.39, 0.29) is 6.04 Å². The van der Waals surface area contributed by atoms with Crippen molar-refractivity contribution in [2.24, 2.45) is 0 Å². The average molecular weight is 440 g/mol. The van der Waals surface area contributed by atoms with Gasteiger partial charge in [-0.15, -0.1) is 0 Å². The van der Waals surface area contributed by atoms with E-state index in [4.69, 9.17) is 0 Å². The zero-order valence-corrected chi connectivity index (χ0v) is 20.4. The quantitative estimate of drug-likeness (QED) is 0.265. The molecule has 31 heavy (non-hydrogen) atoms. The molecule has 0 saturated carbocycles. The molecule has 0 aliphatic rings. The minimum absolute atomic E-state index is 0.0671. The number of anilines is 1. The summed E-state index contributed by atoms with van der Waals surface area (Å²) in [4.78, 5) is 4.46. The predicted octanol–water partition coefficient (Wildman–Crippen LogP) is 6.81. The molecule has 1 atom stereocenters. The summed E-state index contributed by atoms with van der Waals surface area (Å²) >= 11 is 1.90. The molecule has 0 radical (unpaired) electrons. The topological polar surface area (TPSA) is 66.5 Å². The van der Waals surface area contributed by atoms with E-state index in [0.717, 1.165) is 54.3 Å². The highest BCUT2D eigenvalue weighted by atomic mass is 32.2. The van der Waals surface area contributed by atoms with Crippen molar-refractivity contribution < 1.29 is 0 Å². The Morgan fingerprint density at radius 3 is 2.52 bits per heavy atom. The van der Waals surface area contributed by atoms with Crippen molar-refractivity contribution in [2.75, 3.05) is 16.8 Å². The Morgan fingerprint density at radius 1 is 1.10 bits per heavy atom. The SMILES string of the molecule is CC(C)=CCCC(C)=CCCC(C)=CCSCC(Nc1ncccc1C)c1cn[nH]n1. The van der Waals surface area contributed by atoms with Crippen molar-refractivity contribution in [1.82, 2.24) is 20.4 Å². The fourth-order valence-corrected chi connectivity index (χ4v) is 4.14. The lowest BCUT2D eigenvalue weighted by atomic mass is 10.1. The molecule has 6 heteroatoms. The average Bonchev–Trinajstić information content (AvgIpc) is 3.26. The zero-order chi connectivity index (χ0) is 22.5. The van der Waals surface area contributed by atoms with Gasteiger partial charge < -0.3 is 5.32 Å². The first-order valence-electron chi connectivity index (χ1n) is 11.0. The van der Waals surface area contributed by atoms with Gasteiger partial charge in [0.2, 0.25) is 0 Å². The van der Waals surface area contributed by atoms with E-state index in [1.54, 1.807) is 6.20 Å². The van der Waals surface area contributed by atoms with Crippen molar-refractivity contribution in [3.63, 3.8) is 0 Å². The third kappa shape index (κ3) is 10.0. The van der Waals surface area contributed by atoms with Gasteiger partial charge in [0, 0.05) is 17.7 Å². The summed E-state index contributed by atoms with van der Waals surface area (Å²) in [5, 5.41) is 14.5. The fraction of sp³-hybridized carbons (Fsp3) is 0.480. The van der Waals surface area contributed by atoms with Crippen molar-refractivity contribution in [1.29, 1.82) is 0 Å². The Morgan fingerprint density at radius 2 is 1.84 bits per heavy atom. The molecular weight excluding hydrogens is 402 g/mol. The van der Waals surface area contributed by atoms with Crippen LogP contribution in [0.2, 0.25) is 0 Å². The largest absolute Gasteiger partial charge is 0.360 e. The molecule has 0 aliphatic heterocycles. The Labute approximate surface area is 191 Å². The smallest absolute Gasteiger partial charge is 0.129 e. The number of hydrogen-bond donors (Lipinski definition) is 2. The van der Waals surface area contributed by atoms with Crippen LogP contribution in [0.5, 0.6) is 0 Å². The van der Waals surface area contributed by atoms with Gasteiger partial charge >= 0.3 is 0 Å². The lowest BCUT2D eigenvalue weighted by Crippen LogP contribution is -2.16. The summed E-state index contributed by atoms with van der Waals surface area (Å²) in [6.45, 7) is 10.9. The van der Waals surface area contributed by atoms with Gasteiger partial charge in [-0.25, -0.2) is 4.98 Å². The fourth-order valence-electron chi connectivity index (χ4n) is 3.11. The second kappa shape index (κ2) is 13.9. The minimum atomic E-state index is 0.0671. The van der Waals surface area contributed by atoms with Gasteiger partial charge in [0.05, 0.1) is 12.2 Å². The van der Waals surface area contributed by atoms with Crippen LogP contribution in [0.3, 0.4) is 0 Å². The number of aryl methyl sites for hydroxylation is 1. The van der Waals surface area contributed by atoms with E-state index in [9.17, 15) is 0 Å². The monoisotopic (exact) mass is 439 g/mol. The van der Waals surface area contributed by atoms with Crippen LogP contribution in [0.1, 0.15) is 70.7 Å². The third-order valence-corrected chi connectivity index (χ3v) is 6.04. The maximum absolute atomic E-state index is 4.46. The lowest BCUT2D eigenvalue weighted by Gasteiger charge is -2.17. The molecule has 0 amide bonds. The summed E-state index contributed by atoms with van der Waals surface area (Å²) in [6, 6.07) is 4.08. The van der Waals surface area contributed by atoms with E-state index < -0.39 is 0 Å². The Balaban J connectivity index is 1.78. The molecule has 2 heterocycles. The summed E-state index contributed by atoms with van der Waals surface area (Å²) in [7, 11) is 0. The number of rotatable bonds is 13. The van der Waals surface area contributed by atoms with E-state index in [2.05, 4.69) is 84.6 Å². The number of nitrogens with one attached hydrogen (secondary N) is 2. The van der Waals surface area contributed by atoms with Gasteiger partial charge in [0.15, 0.2) is 0 Å². The normalized spacial score (nSPS) is 13.2. The number of H-pyrrole nitrogens is 1. The zero-order valence-electron chi connectivity index (χ0n) is 19.6. The van der Waals surface area contributed by atoms with Crippen LogP contribution in [0.25, 0.3) is 0 Å². The van der Waals surface area contributed by atoms with Crippen LogP contribution < -0.4 is 5.32 Å². The van der Waals surface area contributed by atoms with E-state index in [0.29, 0.717) is 0 Å². The van der Waals surface area contributed by atoms with Gasteiger partial charge in [-0.1, -0.05) is 41.0 Å². The van der Waals surface area contributed by atoms with Crippen molar-refractivity contribution in [2.45, 2.75) is 66.3 Å². The number of thioether (sulfide) groups is 1. The molecule has 0 aromatic carbocycles. The Kier molecular flexibility index (Phi) is 11.1. The van der Waals surface area contributed by atoms with E-state index in [1.165, 1.54) is 16.7 Å². The molecule has 0 bridgehead atoms. The Hall–Kier alpha value is -2.34. The number of hydrogen-bond acceptors (Lipinski definition) is 5. The number of aromatic amines is 1. The molecule has 0 aliphatic carbocycles. The molecule has 0 saturated heterocycles. The molecule has 2 aromatic rings. The molecule has 1 unspecified atom stereocenters. The van der Waals surface area contributed by atoms with Gasteiger partial charge in [-0.3, -0.25) is 0 Å². The summed E-state index contributed by atoms with van der Waals surface area (Å²) in [5.74, 6) is 2.79. The summed E-state index contributed by atoms with van der Waals surface area (Å²) in [6.07, 6.45) is 15.2. The van der Waals surface area contributed by atoms with Gasteiger partial charge in [-0.2, -0.15) is 27.2 Å². The highest BCUT2D eigenvalue weighted by Gasteiger charge is 2.15. The van der Waals surface area contributed by atoms with Gasteiger partial charge in [0.1, 0.15) is 11.5 Å². The molecule has 0 fully saturated rings. The number of nitrogens with zero attached hydrogens (tertiary/aromatic N) is 3. The van der Waals surface area contributed by atoms with Crippen molar-refractivity contribution >= 4 is 17.6 Å². The third-order valence-electron chi connectivity index (χ3n) is 5.07. The highest BCUT2D eigenvalue weighted by molar-refractivity contribution is 7.99. The summed E-state index contributed by atoms with van der Waals surface area (Å²) < 4.78 is 0. The maximum Gasteiger partial charge on any atom is 0.129 e. The first kappa shape index (κ1) is 24.9. The molecule has 168 valence electrons. The first-order valence-corrected chi connectivity index (χ1v) is 12.2. The van der Waals surface area contributed by atoms with Crippen LogP contribution in [-0.4, -0.2) is 31.9 Å². The van der Waals surface area contributed by atoms with E-state index in [1.807, 2.05) is 24.0 Å². The predicted molar refractivity (Wildman–Crippen MR) is 134 cm³/mol. The lowest BCUT2D eigenvalue weighted by molar-refractivity contribution is 0.820. The number of aromatic nitrogens is 4. The molecule has 2 aromatic heterocycles. The summed E-state index contributed by atoms with van der Waals surface area (Å²) in [5.41, 5.74) is 6.38. The maximum atomic E-state index is 4.46. The van der Waals surface area contributed by atoms with E-state index >= 15 is 0 Å². The number of allylic oxidation sites excluding steroid dienone is 5. The van der Waals surface area contributed by atoms with Gasteiger partial charge in [0.25, 0.3) is 0 Å². The molecule has 5 nitrogen and oxygen atoms in total. The second-order valence-electron chi connectivity index (χ2n) is 8.26. The molecule has 2 rings (SSSR count).